The van der Waals surface area contributed by atoms with E-state index in [-0.39, 0.29) is 11.8 Å². The van der Waals surface area contributed by atoms with E-state index >= 15 is 0 Å². The fourth-order valence-electron chi connectivity index (χ4n) is 2.38. The summed E-state index contributed by atoms with van der Waals surface area (Å²) >= 11 is 12.1. The summed E-state index contributed by atoms with van der Waals surface area (Å²) in [6, 6.07) is 15.5. The molecule has 0 aliphatic heterocycles. The summed E-state index contributed by atoms with van der Waals surface area (Å²) in [5.41, 5.74) is 3.90. The van der Waals surface area contributed by atoms with Crippen molar-refractivity contribution in [3.8, 4) is 0 Å². The van der Waals surface area contributed by atoms with Crippen molar-refractivity contribution in [3.05, 3.63) is 81.9 Å². The third-order valence-electron chi connectivity index (χ3n) is 4.05. The maximum atomic E-state index is 6.05. The van der Waals surface area contributed by atoms with Crippen LogP contribution in [0.15, 0.2) is 70.9 Å². The Balaban J connectivity index is 2.25. The van der Waals surface area contributed by atoms with E-state index in [0.29, 0.717) is 0 Å². The highest BCUT2D eigenvalue weighted by Crippen LogP contribution is 2.14. The Morgan fingerprint density at radius 1 is 0.714 bits per heavy atom. The Hall–Kier alpha value is -2.16. The van der Waals surface area contributed by atoms with Crippen molar-refractivity contribution in [3.63, 3.8) is 0 Å². The first kappa shape index (κ1) is 22.1. The number of nitrogens with zero attached hydrogens (tertiary/aromatic N) is 2. The van der Waals surface area contributed by atoms with Gasteiger partial charge < -0.3 is 0 Å². The SMILES string of the molecule is CC(C)C(/C=C/c1cccc(Cl)c1)=N\N=C(\C=C\c1cccc(Cl)c1)C(C)C. The summed E-state index contributed by atoms with van der Waals surface area (Å²) in [7, 11) is 0. The number of hydrogen-bond donors (Lipinski definition) is 0. The average molecular weight is 413 g/mol. The van der Waals surface area contributed by atoms with Crippen molar-refractivity contribution in [1.29, 1.82) is 0 Å². The maximum Gasteiger partial charge on any atom is 0.0656 e. The van der Waals surface area contributed by atoms with Gasteiger partial charge in [0.2, 0.25) is 0 Å². The molecule has 0 radical (unpaired) electrons. The number of rotatable bonds is 7. The zero-order valence-corrected chi connectivity index (χ0v) is 18.2. The quantitative estimate of drug-likeness (QED) is 0.326. The summed E-state index contributed by atoms with van der Waals surface area (Å²) in [5.74, 6) is 0.508. The van der Waals surface area contributed by atoms with Gasteiger partial charge in [0.25, 0.3) is 0 Å². The van der Waals surface area contributed by atoms with Crippen molar-refractivity contribution >= 4 is 46.8 Å². The highest BCUT2D eigenvalue weighted by atomic mass is 35.5. The standard InChI is InChI=1S/C24H26Cl2N2/c1-17(2)23(13-11-19-7-5-9-21(25)15-19)27-28-24(18(3)4)14-12-20-8-6-10-22(26)16-20/h5-18H,1-4H3/b13-11+,14-12+,27-23-,28-24-. The normalized spacial score (nSPS) is 13.4. The fourth-order valence-corrected chi connectivity index (χ4v) is 2.78. The highest BCUT2D eigenvalue weighted by molar-refractivity contribution is 6.31. The molecule has 0 saturated heterocycles. The molecule has 0 heterocycles. The number of benzene rings is 2. The Morgan fingerprint density at radius 2 is 1.11 bits per heavy atom. The molecule has 0 aliphatic rings. The monoisotopic (exact) mass is 412 g/mol. The molecule has 28 heavy (non-hydrogen) atoms. The second-order valence-electron chi connectivity index (χ2n) is 7.14. The van der Waals surface area contributed by atoms with Crippen LogP contribution in [0.1, 0.15) is 38.8 Å². The first-order valence-corrected chi connectivity index (χ1v) is 10.1. The zero-order chi connectivity index (χ0) is 20.5. The van der Waals surface area contributed by atoms with Gasteiger partial charge in [-0.15, -0.1) is 0 Å². The Labute approximate surface area is 178 Å². The molecule has 2 aromatic rings. The number of hydrogen-bond acceptors (Lipinski definition) is 2. The van der Waals surface area contributed by atoms with Crippen LogP contribution in [0, 0.1) is 11.8 Å². The summed E-state index contributed by atoms with van der Waals surface area (Å²) in [6.45, 7) is 8.42. The van der Waals surface area contributed by atoms with Gasteiger partial charge in [0, 0.05) is 10.0 Å². The van der Waals surface area contributed by atoms with E-state index in [2.05, 4.69) is 37.9 Å². The van der Waals surface area contributed by atoms with Gasteiger partial charge >= 0.3 is 0 Å². The van der Waals surface area contributed by atoms with Crippen molar-refractivity contribution in [2.75, 3.05) is 0 Å². The third-order valence-corrected chi connectivity index (χ3v) is 4.52. The first-order chi connectivity index (χ1) is 13.3. The minimum absolute atomic E-state index is 0.254. The van der Waals surface area contributed by atoms with Gasteiger partial charge in [-0.25, -0.2) is 0 Å². The van der Waals surface area contributed by atoms with Crippen LogP contribution in [-0.4, -0.2) is 11.4 Å². The lowest BCUT2D eigenvalue weighted by molar-refractivity contribution is 0.864. The summed E-state index contributed by atoms with van der Waals surface area (Å²) < 4.78 is 0. The average Bonchev–Trinajstić information content (AvgIpc) is 2.63. The van der Waals surface area contributed by atoms with Crippen molar-refractivity contribution < 1.29 is 0 Å². The van der Waals surface area contributed by atoms with E-state index in [1.807, 2.05) is 72.8 Å². The number of halogens is 2. The topological polar surface area (TPSA) is 24.7 Å². The Bertz CT molecular complexity index is 831. The lowest BCUT2D eigenvalue weighted by Crippen LogP contribution is -2.06. The van der Waals surface area contributed by atoms with Gasteiger partial charge in [0.05, 0.1) is 11.4 Å². The van der Waals surface area contributed by atoms with E-state index in [9.17, 15) is 0 Å². The van der Waals surface area contributed by atoms with Crippen LogP contribution in [-0.2, 0) is 0 Å². The van der Waals surface area contributed by atoms with Crippen LogP contribution < -0.4 is 0 Å². The molecule has 0 bridgehead atoms. The van der Waals surface area contributed by atoms with Gasteiger partial charge in [0.1, 0.15) is 0 Å². The lowest BCUT2D eigenvalue weighted by atomic mass is 10.1. The van der Waals surface area contributed by atoms with E-state index < -0.39 is 0 Å². The fraction of sp³-hybridized carbons (Fsp3) is 0.250. The van der Waals surface area contributed by atoms with E-state index in [1.54, 1.807) is 0 Å². The van der Waals surface area contributed by atoms with Crippen molar-refractivity contribution in [2.24, 2.45) is 22.0 Å². The molecule has 4 heteroatoms. The summed E-state index contributed by atoms with van der Waals surface area (Å²) in [4.78, 5) is 0. The molecule has 0 atom stereocenters. The van der Waals surface area contributed by atoms with Crippen LogP contribution in [0.4, 0.5) is 0 Å². The molecule has 146 valence electrons. The molecule has 0 N–H and O–H groups in total. The molecule has 2 aromatic carbocycles. The largest absolute Gasteiger partial charge is 0.155 e. The molecule has 0 aliphatic carbocycles. The lowest BCUT2D eigenvalue weighted by Gasteiger charge is -2.06. The maximum absolute atomic E-state index is 6.05. The zero-order valence-electron chi connectivity index (χ0n) is 16.7. The molecule has 2 rings (SSSR count). The van der Waals surface area contributed by atoms with Gasteiger partial charge in [-0.3, -0.25) is 0 Å². The van der Waals surface area contributed by atoms with Crippen LogP contribution in [0.25, 0.3) is 12.2 Å². The van der Waals surface area contributed by atoms with Crippen LogP contribution in [0.3, 0.4) is 0 Å². The smallest absolute Gasteiger partial charge is 0.0656 e. The second-order valence-corrected chi connectivity index (χ2v) is 8.01. The molecule has 2 nitrogen and oxygen atoms in total. The van der Waals surface area contributed by atoms with Crippen LogP contribution >= 0.6 is 23.2 Å². The summed E-state index contributed by atoms with van der Waals surface area (Å²) in [6.07, 6.45) is 8.02. The minimum atomic E-state index is 0.254. The van der Waals surface area contributed by atoms with E-state index in [0.717, 1.165) is 32.6 Å². The minimum Gasteiger partial charge on any atom is -0.155 e. The molecular weight excluding hydrogens is 387 g/mol. The van der Waals surface area contributed by atoms with Gasteiger partial charge in [0.15, 0.2) is 0 Å². The van der Waals surface area contributed by atoms with Gasteiger partial charge in [-0.2, -0.15) is 10.2 Å². The molecule has 0 saturated carbocycles. The predicted molar refractivity (Wildman–Crippen MR) is 126 cm³/mol. The van der Waals surface area contributed by atoms with Crippen LogP contribution in [0.2, 0.25) is 10.0 Å². The Kier molecular flexibility index (Phi) is 8.69. The summed E-state index contributed by atoms with van der Waals surface area (Å²) in [5, 5.41) is 10.5. The molecule has 0 fully saturated rings. The number of allylic oxidation sites excluding steroid dienone is 2. The Morgan fingerprint density at radius 3 is 1.43 bits per heavy atom. The van der Waals surface area contributed by atoms with Gasteiger partial charge in [-0.05, 0) is 59.4 Å². The molecular formula is C24H26Cl2N2. The highest BCUT2D eigenvalue weighted by Gasteiger charge is 2.04. The van der Waals surface area contributed by atoms with E-state index in [4.69, 9.17) is 23.2 Å². The van der Waals surface area contributed by atoms with Crippen molar-refractivity contribution in [1.82, 2.24) is 0 Å². The second kappa shape index (κ2) is 11.0. The molecule has 0 spiro atoms. The van der Waals surface area contributed by atoms with Crippen LogP contribution in [0.5, 0.6) is 0 Å². The first-order valence-electron chi connectivity index (χ1n) is 9.38. The van der Waals surface area contributed by atoms with E-state index in [1.165, 1.54) is 0 Å². The molecule has 0 unspecified atom stereocenters. The predicted octanol–water partition coefficient (Wildman–Crippen LogP) is 7.83. The molecule has 0 amide bonds. The molecule has 0 aromatic heterocycles. The third kappa shape index (κ3) is 7.46. The van der Waals surface area contributed by atoms with Crippen molar-refractivity contribution in [2.45, 2.75) is 27.7 Å². The van der Waals surface area contributed by atoms with Gasteiger partial charge in [-0.1, -0.05) is 87.3 Å².